The molecule has 1 N–H and O–H groups in total. The van der Waals surface area contributed by atoms with Crippen LogP contribution >= 0.6 is 11.6 Å². The van der Waals surface area contributed by atoms with Crippen molar-refractivity contribution in [3.63, 3.8) is 0 Å². The highest BCUT2D eigenvalue weighted by atomic mass is 35.5. The van der Waals surface area contributed by atoms with Gasteiger partial charge in [-0.15, -0.1) is 0 Å². The van der Waals surface area contributed by atoms with Gasteiger partial charge in [0.05, 0.1) is 63.5 Å². The number of hydrogen-bond donors (Lipinski definition) is 1. The molecule has 58 heavy (non-hydrogen) atoms. The SMILES string of the molecule is N#Cc1ccc(OC2CCC(N3Cc4nc(N5CCC(OC6CCN(c7cccc8c7C(=O)N(C7CCC(=O)NC7=O)C8=O)CC6)CC5)ccc4C3=O)CC2)cc1Cl. The predicted molar refractivity (Wildman–Crippen MR) is 212 cm³/mol. The first-order valence-corrected chi connectivity index (χ1v) is 20.7. The van der Waals surface area contributed by atoms with Crippen LogP contribution in [0, 0.1) is 11.3 Å². The van der Waals surface area contributed by atoms with Gasteiger partial charge in [-0.2, -0.15) is 5.26 Å². The van der Waals surface area contributed by atoms with Gasteiger partial charge in [0.2, 0.25) is 11.8 Å². The van der Waals surface area contributed by atoms with Crippen LogP contribution in [0.25, 0.3) is 0 Å². The molecule has 300 valence electrons. The lowest BCUT2D eigenvalue weighted by molar-refractivity contribution is -0.136. The van der Waals surface area contributed by atoms with E-state index in [4.69, 9.17) is 31.3 Å². The van der Waals surface area contributed by atoms with Gasteiger partial charge in [-0.05, 0) is 94.2 Å². The molecule has 0 radical (unpaired) electrons. The summed E-state index contributed by atoms with van der Waals surface area (Å²) in [5.41, 5.74) is 3.23. The molecule has 3 saturated heterocycles. The monoisotopic (exact) mass is 805 g/mol. The topological polar surface area (TPSA) is 165 Å². The van der Waals surface area contributed by atoms with Crippen molar-refractivity contribution in [3.05, 3.63) is 81.5 Å². The van der Waals surface area contributed by atoms with Gasteiger partial charge in [-0.25, -0.2) is 4.98 Å². The van der Waals surface area contributed by atoms with Crippen LogP contribution in [0.1, 0.15) is 107 Å². The third-order valence-electron chi connectivity index (χ3n) is 12.6. The number of ether oxygens (including phenoxy) is 2. The van der Waals surface area contributed by atoms with Gasteiger partial charge in [-0.3, -0.25) is 34.2 Å². The van der Waals surface area contributed by atoms with Gasteiger partial charge >= 0.3 is 0 Å². The quantitative estimate of drug-likeness (QED) is 0.305. The number of nitriles is 1. The molecule has 5 amide bonds. The molecular weight excluding hydrogens is 762 g/mol. The van der Waals surface area contributed by atoms with Crippen molar-refractivity contribution in [2.24, 2.45) is 0 Å². The van der Waals surface area contributed by atoms with E-state index in [1.807, 2.05) is 23.1 Å². The Morgan fingerprint density at radius 3 is 2.17 bits per heavy atom. The van der Waals surface area contributed by atoms with Crippen LogP contribution in [-0.4, -0.2) is 101 Å². The minimum Gasteiger partial charge on any atom is -0.490 e. The number of carbonyl (C=O) groups excluding carboxylic acids is 5. The van der Waals surface area contributed by atoms with E-state index in [0.717, 1.165) is 80.9 Å². The van der Waals surface area contributed by atoms with Crippen LogP contribution in [0.5, 0.6) is 5.75 Å². The number of amides is 5. The van der Waals surface area contributed by atoms with Gasteiger partial charge < -0.3 is 24.2 Å². The molecule has 1 aromatic heterocycles. The Bertz CT molecular complexity index is 2220. The Labute approximate surface area is 341 Å². The van der Waals surface area contributed by atoms with Gasteiger partial charge in [-0.1, -0.05) is 17.7 Å². The van der Waals surface area contributed by atoms with Crippen molar-refractivity contribution < 1.29 is 33.4 Å². The van der Waals surface area contributed by atoms with Crippen molar-refractivity contribution in [3.8, 4) is 11.8 Å². The number of halogens is 1. The maximum absolute atomic E-state index is 13.6. The molecule has 0 bridgehead atoms. The number of hydrogen-bond acceptors (Lipinski definition) is 11. The molecular formula is C43H44ClN7O7. The number of pyridine rings is 1. The molecule has 1 aliphatic carbocycles. The molecule has 4 fully saturated rings. The molecule has 3 aromatic rings. The van der Waals surface area contributed by atoms with E-state index in [-0.39, 0.29) is 48.7 Å². The molecule has 1 saturated carbocycles. The zero-order chi connectivity index (χ0) is 40.1. The number of imide groups is 2. The molecule has 6 heterocycles. The number of carbonyl (C=O) groups is 5. The molecule has 15 heteroatoms. The van der Waals surface area contributed by atoms with Gasteiger partial charge in [0.1, 0.15) is 23.7 Å². The first kappa shape index (κ1) is 38.0. The van der Waals surface area contributed by atoms with Gasteiger partial charge in [0.15, 0.2) is 0 Å². The van der Waals surface area contributed by atoms with Crippen molar-refractivity contribution in [2.45, 2.75) is 101 Å². The molecule has 6 aliphatic rings. The summed E-state index contributed by atoms with van der Waals surface area (Å²) in [6.07, 6.45) is 7.04. The summed E-state index contributed by atoms with van der Waals surface area (Å²) in [6.45, 7) is 3.44. The summed E-state index contributed by atoms with van der Waals surface area (Å²) in [7, 11) is 0. The fourth-order valence-electron chi connectivity index (χ4n) is 9.48. The van der Waals surface area contributed by atoms with Gasteiger partial charge in [0.25, 0.3) is 17.7 Å². The van der Waals surface area contributed by atoms with E-state index in [9.17, 15) is 24.0 Å². The Morgan fingerprint density at radius 1 is 0.759 bits per heavy atom. The van der Waals surface area contributed by atoms with Crippen LogP contribution in [0.3, 0.4) is 0 Å². The fourth-order valence-corrected chi connectivity index (χ4v) is 9.69. The number of benzene rings is 2. The highest BCUT2D eigenvalue weighted by Crippen LogP contribution is 2.37. The van der Waals surface area contributed by atoms with Crippen molar-refractivity contribution in [1.82, 2.24) is 20.1 Å². The Morgan fingerprint density at radius 2 is 1.48 bits per heavy atom. The second kappa shape index (κ2) is 15.7. The number of piperidine rings is 3. The molecule has 14 nitrogen and oxygen atoms in total. The average molecular weight is 806 g/mol. The lowest BCUT2D eigenvalue weighted by Gasteiger charge is -2.38. The molecule has 1 atom stereocenters. The van der Waals surface area contributed by atoms with E-state index in [2.05, 4.69) is 21.2 Å². The van der Waals surface area contributed by atoms with E-state index in [1.165, 1.54) is 0 Å². The van der Waals surface area contributed by atoms with Crippen molar-refractivity contribution >= 4 is 52.6 Å². The number of anilines is 2. The Kier molecular flexibility index (Phi) is 10.3. The zero-order valence-electron chi connectivity index (χ0n) is 32.0. The maximum Gasteiger partial charge on any atom is 0.264 e. The normalized spacial score (nSPS) is 24.2. The largest absolute Gasteiger partial charge is 0.490 e. The highest BCUT2D eigenvalue weighted by Gasteiger charge is 2.46. The van der Waals surface area contributed by atoms with E-state index >= 15 is 0 Å². The predicted octanol–water partition coefficient (Wildman–Crippen LogP) is 5.01. The lowest BCUT2D eigenvalue weighted by Crippen LogP contribution is -2.54. The summed E-state index contributed by atoms with van der Waals surface area (Å²) < 4.78 is 12.8. The maximum atomic E-state index is 13.6. The molecule has 1 unspecified atom stereocenters. The lowest BCUT2D eigenvalue weighted by atomic mass is 9.92. The third-order valence-corrected chi connectivity index (χ3v) is 12.9. The summed E-state index contributed by atoms with van der Waals surface area (Å²) in [5, 5.41) is 11.8. The first-order valence-electron chi connectivity index (χ1n) is 20.3. The third kappa shape index (κ3) is 7.15. The zero-order valence-corrected chi connectivity index (χ0v) is 32.8. The summed E-state index contributed by atoms with van der Waals surface area (Å²) in [6, 6.07) is 15.5. The molecule has 5 aliphatic heterocycles. The van der Waals surface area contributed by atoms with E-state index in [1.54, 1.807) is 30.3 Å². The van der Waals surface area contributed by atoms with Crippen LogP contribution in [0.2, 0.25) is 5.02 Å². The standard InChI is InChI=1S/C43H44ClN7O7/c44-33-22-30(7-4-25(33)23-45)58-27-8-5-26(6-9-27)50-24-34-31(41(50)54)10-12-37(46-34)49-20-16-29(17-21-49)57-28-14-18-48(19-15-28)35-3-1-2-32-39(35)43(56)51(42(32)55)36-11-13-38(52)47-40(36)53/h1-4,7,10,12,22,26-29,36H,5-6,8-9,11,13-21,24H2,(H,47,52,53). The second-order valence-electron chi connectivity index (χ2n) is 16.1. The smallest absolute Gasteiger partial charge is 0.264 e. The first-order chi connectivity index (χ1) is 28.1. The van der Waals surface area contributed by atoms with Crippen LogP contribution < -0.4 is 19.9 Å². The van der Waals surface area contributed by atoms with E-state index < -0.39 is 29.7 Å². The summed E-state index contributed by atoms with van der Waals surface area (Å²) >= 11 is 6.19. The highest BCUT2D eigenvalue weighted by molar-refractivity contribution is 6.31. The minimum absolute atomic E-state index is 0.0292. The van der Waals surface area contributed by atoms with Crippen LogP contribution in [0.4, 0.5) is 11.5 Å². The van der Waals surface area contributed by atoms with Crippen LogP contribution in [-0.2, 0) is 20.9 Å². The Balaban J connectivity index is 0.743. The number of nitrogens with zero attached hydrogens (tertiary/aromatic N) is 6. The summed E-state index contributed by atoms with van der Waals surface area (Å²) in [4.78, 5) is 77.1. The number of aromatic nitrogens is 1. The van der Waals surface area contributed by atoms with Crippen LogP contribution in [0.15, 0.2) is 48.5 Å². The van der Waals surface area contributed by atoms with Crippen molar-refractivity contribution in [2.75, 3.05) is 36.0 Å². The number of rotatable bonds is 8. The molecule has 9 rings (SSSR count). The Hall–Kier alpha value is -5.52. The average Bonchev–Trinajstić information content (AvgIpc) is 3.70. The summed E-state index contributed by atoms with van der Waals surface area (Å²) in [5.74, 6) is -0.424. The number of fused-ring (bicyclic) bond motifs is 2. The van der Waals surface area contributed by atoms with Gasteiger partial charge in [0, 0.05) is 44.7 Å². The number of nitrogens with one attached hydrogen (secondary N) is 1. The van der Waals surface area contributed by atoms with Crippen molar-refractivity contribution in [1.29, 1.82) is 5.26 Å². The molecule has 2 aromatic carbocycles. The van der Waals surface area contributed by atoms with E-state index in [0.29, 0.717) is 52.8 Å². The molecule has 0 spiro atoms. The minimum atomic E-state index is -0.997. The second-order valence-corrected chi connectivity index (χ2v) is 16.5. The fraction of sp³-hybridized carbons (Fsp3) is 0.465.